The Morgan fingerprint density at radius 2 is 2.05 bits per heavy atom. The molecule has 0 amide bonds. The minimum Gasteiger partial charge on any atom is -0.311 e. The van der Waals surface area contributed by atoms with Crippen LogP contribution in [0, 0.1) is 0 Å². The van der Waals surface area contributed by atoms with Gasteiger partial charge in [0.2, 0.25) is 0 Å². The van der Waals surface area contributed by atoms with Crippen molar-refractivity contribution in [1.82, 2.24) is 15.2 Å². The van der Waals surface area contributed by atoms with Crippen molar-refractivity contribution in [3.8, 4) is 0 Å². The fourth-order valence-corrected chi connectivity index (χ4v) is 3.77. The molecular formula is C15H22BrN3. The molecule has 0 radical (unpaired) electrons. The molecule has 19 heavy (non-hydrogen) atoms. The highest BCUT2D eigenvalue weighted by Gasteiger charge is 2.35. The molecule has 1 N–H and O–H groups in total. The average Bonchev–Trinajstić information content (AvgIpc) is 2.77. The van der Waals surface area contributed by atoms with Crippen LogP contribution in [0.3, 0.4) is 0 Å². The smallest absolute Gasteiger partial charge is 0.0544 e. The van der Waals surface area contributed by atoms with E-state index in [1.165, 1.54) is 31.4 Å². The first-order valence-electron chi connectivity index (χ1n) is 7.35. The van der Waals surface area contributed by atoms with Gasteiger partial charge in [0, 0.05) is 35.3 Å². The van der Waals surface area contributed by atoms with E-state index in [9.17, 15) is 0 Å². The first-order valence-corrected chi connectivity index (χ1v) is 8.14. The molecule has 2 aliphatic heterocycles. The van der Waals surface area contributed by atoms with E-state index in [0.29, 0.717) is 0 Å². The molecule has 0 aromatic carbocycles. The molecule has 2 bridgehead atoms. The Bertz CT molecular complexity index is 408. The lowest BCUT2D eigenvalue weighted by Gasteiger charge is -2.37. The fraction of sp³-hybridized carbons (Fsp3) is 0.667. The molecule has 0 spiro atoms. The van der Waals surface area contributed by atoms with Gasteiger partial charge >= 0.3 is 0 Å². The zero-order valence-corrected chi connectivity index (χ0v) is 13.1. The second-order valence-corrected chi connectivity index (χ2v) is 6.71. The lowest BCUT2D eigenvalue weighted by Crippen LogP contribution is -2.48. The molecule has 1 aromatic rings. The molecule has 2 saturated heterocycles. The summed E-state index contributed by atoms with van der Waals surface area (Å²) >= 11 is 3.44. The van der Waals surface area contributed by atoms with Gasteiger partial charge < -0.3 is 5.32 Å². The van der Waals surface area contributed by atoms with Crippen LogP contribution in [0.25, 0.3) is 0 Å². The van der Waals surface area contributed by atoms with Gasteiger partial charge in [0.1, 0.15) is 0 Å². The highest BCUT2D eigenvalue weighted by atomic mass is 79.9. The Morgan fingerprint density at radius 3 is 2.63 bits per heavy atom. The van der Waals surface area contributed by atoms with E-state index in [4.69, 9.17) is 0 Å². The maximum absolute atomic E-state index is 4.51. The number of aromatic nitrogens is 1. The van der Waals surface area contributed by atoms with Gasteiger partial charge in [0.05, 0.1) is 5.69 Å². The Labute approximate surface area is 123 Å². The van der Waals surface area contributed by atoms with Gasteiger partial charge in [-0.2, -0.15) is 0 Å². The predicted octanol–water partition coefficient (Wildman–Crippen LogP) is 2.95. The number of pyridine rings is 1. The molecule has 1 aromatic heterocycles. The van der Waals surface area contributed by atoms with Crippen molar-refractivity contribution in [1.29, 1.82) is 0 Å². The molecule has 2 aliphatic rings. The van der Waals surface area contributed by atoms with Crippen molar-refractivity contribution in [2.75, 3.05) is 6.54 Å². The molecule has 2 atom stereocenters. The third kappa shape index (κ3) is 3.18. The molecule has 3 nitrogen and oxygen atoms in total. The fourth-order valence-electron chi connectivity index (χ4n) is 3.53. The second-order valence-electron chi connectivity index (χ2n) is 5.79. The van der Waals surface area contributed by atoms with Crippen molar-refractivity contribution in [2.45, 2.75) is 57.3 Å². The summed E-state index contributed by atoms with van der Waals surface area (Å²) in [6.45, 7) is 4.36. The summed E-state index contributed by atoms with van der Waals surface area (Å²) in [5.74, 6) is 0. The maximum atomic E-state index is 4.51. The third-order valence-corrected chi connectivity index (χ3v) is 4.99. The van der Waals surface area contributed by atoms with Crippen LogP contribution < -0.4 is 5.32 Å². The zero-order chi connectivity index (χ0) is 13.2. The molecule has 2 fully saturated rings. The molecule has 4 heteroatoms. The number of nitrogens with zero attached hydrogens (tertiary/aromatic N) is 2. The number of piperidine rings is 1. The average molecular weight is 324 g/mol. The third-order valence-electron chi connectivity index (χ3n) is 4.52. The summed E-state index contributed by atoms with van der Waals surface area (Å²) in [4.78, 5) is 7.11. The van der Waals surface area contributed by atoms with E-state index < -0.39 is 0 Å². The first kappa shape index (κ1) is 13.5. The summed E-state index contributed by atoms with van der Waals surface area (Å²) < 4.78 is 1.05. The monoisotopic (exact) mass is 323 g/mol. The van der Waals surface area contributed by atoms with Crippen molar-refractivity contribution in [3.63, 3.8) is 0 Å². The van der Waals surface area contributed by atoms with Gasteiger partial charge in [-0.05, 0) is 60.3 Å². The van der Waals surface area contributed by atoms with Gasteiger partial charge in [-0.15, -0.1) is 0 Å². The molecule has 0 aliphatic carbocycles. The molecule has 104 valence electrons. The van der Waals surface area contributed by atoms with Crippen molar-refractivity contribution in [2.24, 2.45) is 0 Å². The number of nitrogens with one attached hydrogen (secondary N) is 1. The van der Waals surface area contributed by atoms with Crippen LogP contribution in [-0.2, 0) is 6.54 Å². The zero-order valence-electron chi connectivity index (χ0n) is 11.5. The summed E-state index contributed by atoms with van der Waals surface area (Å²) in [5, 5.41) is 3.72. The second kappa shape index (κ2) is 5.90. The van der Waals surface area contributed by atoms with Gasteiger partial charge in [0.25, 0.3) is 0 Å². The van der Waals surface area contributed by atoms with Crippen molar-refractivity contribution >= 4 is 15.9 Å². The molecule has 3 rings (SSSR count). The van der Waals surface area contributed by atoms with Crippen LogP contribution in [0.2, 0.25) is 0 Å². The van der Waals surface area contributed by atoms with Crippen LogP contribution in [-0.4, -0.2) is 34.6 Å². The van der Waals surface area contributed by atoms with E-state index in [1.807, 2.05) is 6.20 Å². The first-order chi connectivity index (χ1) is 9.24. The largest absolute Gasteiger partial charge is 0.311 e. The minimum absolute atomic E-state index is 0.731. The Morgan fingerprint density at radius 1 is 1.32 bits per heavy atom. The predicted molar refractivity (Wildman–Crippen MR) is 81.0 cm³/mol. The molecular weight excluding hydrogens is 302 g/mol. The summed E-state index contributed by atoms with van der Waals surface area (Å²) in [6, 6.07) is 6.46. The molecule has 0 saturated carbocycles. The van der Waals surface area contributed by atoms with Crippen molar-refractivity contribution in [3.05, 3.63) is 28.5 Å². The van der Waals surface area contributed by atoms with Gasteiger partial charge in [-0.1, -0.05) is 6.92 Å². The number of halogens is 1. The summed E-state index contributed by atoms with van der Waals surface area (Å²) in [6.07, 6.45) is 7.25. The van der Waals surface area contributed by atoms with E-state index in [-0.39, 0.29) is 0 Å². The lowest BCUT2D eigenvalue weighted by atomic mass is 9.98. The standard InChI is InChI=1S/C15H22BrN3/c1-2-19(10-14-4-3-11(16)9-17-14)15-7-12-5-6-13(8-15)18-12/h3-4,9,12-13,15,18H,2,5-8,10H2,1H3. The summed E-state index contributed by atoms with van der Waals surface area (Å²) in [7, 11) is 0. The van der Waals surface area contributed by atoms with E-state index in [0.717, 1.165) is 35.7 Å². The van der Waals surface area contributed by atoms with E-state index >= 15 is 0 Å². The quantitative estimate of drug-likeness (QED) is 0.923. The normalized spacial score (nSPS) is 29.9. The van der Waals surface area contributed by atoms with Crippen molar-refractivity contribution < 1.29 is 0 Å². The minimum atomic E-state index is 0.731. The highest BCUT2D eigenvalue weighted by molar-refractivity contribution is 9.10. The number of hydrogen-bond acceptors (Lipinski definition) is 3. The van der Waals surface area contributed by atoms with Gasteiger partial charge in [-0.3, -0.25) is 9.88 Å². The topological polar surface area (TPSA) is 28.2 Å². The Hall–Kier alpha value is -0.450. The van der Waals surface area contributed by atoms with Gasteiger partial charge in [-0.25, -0.2) is 0 Å². The molecule has 2 unspecified atom stereocenters. The Balaban J connectivity index is 1.65. The number of hydrogen-bond donors (Lipinski definition) is 1. The van der Waals surface area contributed by atoms with Crippen LogP contribution in [0.5, 0.6) is 0 Å². The van der Waals surface area contributed by atoms with Crippen LogP contribution in [0.15, 0.2) is 22.8 Å². The number of fused-ring (bicyclic) bond motifs is 2. The lowest BCUT2D eigenvalue weighted by molar-refractivity contribution is 0.139. The summed E-state index contributed by atoms with van der Waals surface area (Å²) in [5.41, 5.74) is 1.18. The van der Waals surface area contributed by atoms with Crippen LogP contribution in [0.4, 0.5) is 0 Å². The molecule has 3 heterocycles. The van der Waals surface area contributed by atoms with E-state index in [2.05, 4.69) is 50.2 Å². The number of rotatable bonds is 4. The Kier molecular flexibility index (Phi) is 4.20. The maximum Gasteiger partial charge on any atom is 0.0544 e. The van der Waals surface area contributed by atoms with Crippen LogP contribution >= 0.6 is 15.9 Å². The SMILES string of the molecule is CCN(Cc1ccc(Br)cn1)C1CC2CCC(C1)N2. The highest BCUT2D eigenvalue weighted by Crippen LogP contribution is 2.30. The van der Waals surface area contributed by atoms with E-state index in [1.54, 1.807) is 0 Å². The van der Waals surface area contributed by atoms with Gasteiger partial charge in [0.15, 0.2) is 0 Å². The van der Waals surface area contributed by atoms with Crippen LogP contribution in [0.1, 0.15) is 38.3 Å².